The van der Waals surface area contributed by atoms with Gasteiger partial charge in [-0.05, 0) is 36.6 Å². The molecule has 0 aliphatic heterocycles. The fraction of sp³-hybridized carbons (Fsp3) is 0.462. The Hall–Kier alpha value is -1.09. The van der Waals surface area contributed by atoms with Crippen LogP contribution in [0.3, 0.4) is 0 Å². The molecule has 17 heavy (non-hydrogen) atoms. The highest BCUT2D eigenvalue weighted by Gasteiger charge is 2.09. The molecule has 0 heterocycles. The van der Waals surface area contributed by atoms with Crippen molar-refractivity contribution in [3.8, 4) is 0 Å². The molecule has 1 atom stereocenters. The third kappa shape index (κ3) is 4.73. The first kappa shape index (κ1) is 14.0. The molecule has 1 rings (SSSR count). The zero-order chi connectivity index (χ0) is 12.7. The van der Waals surface area contributed by atoms with E-state index in [0.29, 0.717) is 23.9 Å². The molecule has 0 aromatic heterocycles. The van der Waals surface area contributed by atoms with Crippen LogP contribution in [0.2, 0.25) is 0 Å². The normalized spacial score (nSPS) is 12.2. The first-order chi connectivity index (χ1) is 8.17. The highest BCUT2D eigenvalue weighted by Crippen LogP contribution is 2.08. The minimum absolute atomic E-state index is 0.168. The van der Waals surface area contributed by atoms with E-state index in [9.17, 15) is 9.18 Å². The number of hydrogen-bond donors (Lipinski definition) is 1. The molecule has 1 aromatic rings. The smallest absolute Gasteiger partial charge is 0.251 e. The summed E-state index contributed by atoms with van der Waals surface area (Å²) in [5.41, 5.74) is 0.479. The molecule has 4 heteroatoms. The van der Waals surface area contributed by atoms with Gasteiger partial charge >= 0.3 is 0 Å². The lowest BCUT2D eigenvalue weighted by molar-refractivity contribution is 0.0946. The zero-order valence-electron chi connectivity index (χ0n) is 9.88. The SMILES string of the molecule is CCC(CCCl)CNC(=O)c1ccc(F)cc1. The predicted molar refractivity (Wildman–Crippen MR) is 67.9 cm³/mol. The Kier molecular flexibility index (Phi) is 5.98. The molecule has 0 aliphatic rings. The first-order valence-electron chi connectivity index (χ1n) is 5.77. The molecule has 0 saturated heterocycles. The summed E-state index contributed by atoms with van der Waals surface area (Å²) in [7, 11) is 0. The monoisotopic (exact) mass is 257 g/mol. The van der Waals surface area contributed by atoms with Crippen LogP contribution in [0.15, 0.2) is 24.3 Å². The van der Waals surface area contributed by atoms with Crippen molar-refractivity contribution in [3.05, 3.63) is 35.6 Å². The van der Waals surface area contributed by atoms with E-state index < -0.39 is 0 Å². The maximum Gasteiger partial charge on any atom is 0.251 e. The van der Waals surface area contributed by atoms with Gasteiger partial charge in [0.15, 0.2) is 0 Å². The van der Waals surface area contributed by atoms with E-state index in [1.807, 2.05) is 0 Å². The quantitative estimate of drug-likeness (QED) is 0.779. The third-order valence-corrected chi connectivity index (χ3v) is 2.97. The number of alkyl halides is 1. The number of benzene rings is 1. The largest absolute Gasteiger partial charge is 0.352 e. The summed E-state index contributed by atoms with van der Waals surface area (Å²) in [6, 6.07) is 5.52. The molecule has 0 radical (unpaired) electrons. The molecule has 1 aromatic carbocycles. The fourth-order valence-electron chi connectivity index (χ4n) is 1.55. The standard InChI is InChI=1S/C13H17ClFNO/c1-2-10(7-8-14)9-16-13(17)11-3-5-12(15)6-4-11/h3-6,10H,2,7-9H2,1H3,(H,16,17). The van der Waals surface area contributed by atoms with Gasteiger partial charge in [0.1, 0.15) is 5.82 Å². The van der Waals surface area contributed by atoms with E-state index in [2.05, 4.69) is 12.2 Å². The summed E-state index contributed by atoms with van der Waals surface area (Å²) in [6.45, 7) is 2.68. The Morgan fingerprint density at radius 1 is 1.41 bits per heavy atom. The molecule has 1 N–H and O–H groups in total. The van der Waals surface area contributed by atoms with Crippen molar-refractivity contribution in [2.24, 2.45) is 5.92 Å². The van der Waals surface area contributed by atoms with E-state index >= 15 is 0 Å². The molecule has 0 saturated carbocycles. The minimum Gasteiger partial charge on any atom is -0.352 e. The average Bonchev–Trinajstić information content (AvgIpc) is 2.35. The van der Waals surface area contributed by atoms with Crippen molar-refractivity contribution in [2.45, 2.75) is 19.8 Å². The molecule has 94 valence electrons. The van der Waals surface area contributed by atoms with Gasteiger partial charge in [-0.3, -0.25) is 4.79 Å². The van der Waals surface area contributed by atoms with Gasteiger partial charge in [0.25, 0.3) is 5.91 Å². The van der Waals surface area contributed by atoms with Crippen molar-refractivity contribution >= 4 is 17.5 Å². The van der Waals surface area contributed by atoms with Crippen molar-refractivity contribution < 1.29 is 9.18 Å². The number of nitrogens with one attached hydrogen (secondary N) is 1. The Morgan fingerprint density at radius 2 is 2.06 bits per heavy atom. The van der Waals surface area contributed by atoms with E-state index in [-0.39, 0.29) is 11.7 Å². The lowest BCUT2D eigenvalue weighted by atomic mass is 10.0. The number of rotatable bonds is 6. The van der Waals surface area contributed by atoms with Gasteiger partial charge in [-0.2, -0.15) is 0 Å². The van der Waals surface area contributed by atoms with E-state index in [0.717, 1.165) is 12.8 Å². The number of carbonyl (C=O) groups is 1. The summed E-state index contributed by atoms with van der Waals surface area (Å²) in [6.07, 6.45) is 1.87. The average molecular weight is 258 g/mol. The van der Waals surface area contributed by atoms with Gasteiger partial charge in [-0.15, -0.1) is 11.6 Å². The van der Waals surface area contributed by atoms with E-state index in [1.165, 1.54) is 24.3 Å². The maximum absolute atomic E-state index is 12.7. The van der Waals surface area contributed by atoms with Crippen LogP contribution in [0, 0.1) is 11.7 Å². The molecular formula is C13H17ClFNO. The van der Waals surface area contributed by atoms with Gasteiger partial charge in [-0.1, -0.05) is 13.3 Å². The molecule has 0 aliphatic carbocycles. The first-order valence-corrected chi connectivity index (χ1v) is 6.30. The Balaban J connectivity index is 2.46. The summed E-state index contributed by atoms with van der Waals surface area (Å²) in [5, 5.41) is 2.83. The number of carbonyl (C=O) groups excluding carboxylic acids is 1. The maximum atomic E-state index is 12.7. The van der Waals surface area contributed by atoms with Gasteiger partial charge in [0, 0.05) is 18.0 Å². The number of halogens is 2. The summed E-state index contributed by atoms with van der Waals surface area (Å²) >= 11 is 5.67. The molecule has 1 amide bonds. The van der Waals surface area contributed by atoms with E-state index in [4.69, 9.17) is 11.6 Å². The topological polar surface area (TPSA) is 29.1 Å². The molecule has 2 nitrogen and oxygen atoms in total. The van der Waals surface area contributed by atoms with Crippen molar-refractivity contribution in [1.82, 2.24) is 5.32 Å². The van der Waals surface area contributed by atoms with Crippen molar-refractivity contribution in [1.29, 1.82) is 0 Å². The second kappa shape index (κ2) is 7.28. The summed E-state index contributed by atoms with van der Waals surface area (Å²) in [5.74, 6) is 0.496. The van der Waals surface area contributed by atoms with Crippen LogP contribution in [0.5, 0.6) is 0 Å². The highest BCUT2D eigenvalue weighted by atomic mass is 35.5. The molecule has 0 fully saturated rings. The van der Waals surface area contributed by atoms with Gasteiger partial charge < -0.3 is 5.32 Å². The Morgan fingerprint density at radius 3 is 2.59 bits per heavy atom. The lowest BCUT2D eigenvalue weighted by Crippen LogP contribution is -2.29. The fourth-order valence-corrected chi connectivity index (χ4v) is 1.85. The van der Waals surface area contributed by atoms with Crippen LogP contribution in [-0.2, 0) is 0 Å². The second-order valence-corrected chi connectivity index (χ2v) is 4.35. The zero-order valence-corrected chi connectivity index (χ0v) is 10.6. The second-order valence-electron chi connectivity index (χ2n) is 3.97. The number of amides is 1. The third-order valence-electron chi connectivity index (χ3n) is 2.75. The number of hydrogen-bond acceptors (Lipinski definition) is 1. The van der Waals surface area contributed by atoms with Crippen molar-refractivity contribution in [2.75, 3.05) is 12.4 Å². The van der Waals surface area contributed by atoms with Crippen LogP contribution in [0.4, 0.5) is 4.39 Å². The molecule has 0 spiro atoms. The summed E-state index contributed by atoms with van der Waals surface area (Å²) < 4.78 is 12.7. The highest BCUT2D eigenvalue weighted by molar-refractivity contribution is 6.17. The van der Waals surface area contributed by atoms with Crippen LogP contribution >= 0.6 is 11.6 Å². The lowest BCUT2D eigenvalue weighted by Gasteiger charge is -2.14. The molecule has 1 unspecified atom stereocenters. The molecule has 0 bridgehead atoms. The van der Waals surface area contributed by atoms with Crippen molar-refractivity contribution in [3.63, 3.8) is 0 Å². The van der Waals surface area contributed by atoms with Gasteiger partial charge in [0.2, 0.25) is 0 Å². The van der Waals surface area contributed by atoms with Crippen LogP contribution in [0.25, 0.3) is 0 Å². The van der Waals surface area contributed by atoms with E-state index in [1.54, 1.807) is 0 Å². The van der Waals surface area contributed by atoms with Crippen LogP contribution < -0.4 is 5.32 Å². The predicted octanol–water partition coefficient (Wildman–Crippen LogP) is 3.21. The Bertz CT molecular complexity index is 353. The van der Waals surface area contributed by atoms with Crippen LogP contribution in [0.1, 0.15) is 30.1 Å². The van der Waals surface area contributed by atoms with Gasteiger partial charge in [0.05, 0.1) is 0 Å². The Labute approximate surface area is 106 Å². The van der Waals surface area contributed by atoms with Crippen LogP contribution in [-0.4, -0.2) is 18.3 Å². The molecular weight excluding hydrogens is 241 g/mol. The minimum atomic E-state index is -0.338. The summed E-state index contributed by atoms with van der Waals surface area (Å²) in [4.78, 5) is 11.7. The van der Waals surface area contributed by atoms with Gasteiger partial charge in [-0.25, -0.2) is 4.39 Å².